The van der Waals surface area contributed by atoms with Crippen LogP contribution in [0.4, 0.5) is 5.69 Å². The van der Waals surface area contributed by atoms with Gasteiger partial charge in [0.15, 0.2) is 0 Å². The van der Waals surface area contributed by atoms with Crippen LogP contribution in [-0.4, -0.2) is 27.5 Å². The van der Waals surface area contributed by atoms with Crippen molar-refractivity contribution in [2.45, 2.75) is 19.6 Å². The lowest BCUT2D eigenvalue weighted by Crippen LogP contribution is -2.25. The summed E-state index contributed by atoms with van der Waals surface area (Å²) >= 11 is 0. The van der Waals surface area contributed by atoms with Crippen molar-refractivity contribution in [2.75, 3.05) is 11.9 Å². The molecule has 0 radical (unpaired) electrons. The molecule has 0 spiro atoms. The average Bonchev–Trinajstić information content (AvgIpc) is 2.79. The molecular formula is C13H17N3O. The smallest absolute Gasteiger partial charge is 0.0907 e. The third-order valence-corrected chi connectivity index (χ3v) is 2.52. The summed E-state index contributed by atoms with van der Waals surface area (Å²) in [6.07, 6.45) is 3.10. The monoisotopic (exact) mass is 231 g/mol. The van der Waals surface area contributed by atoms with Gasteiger partial charge in [-0.25, -0.2) is 0 Å². The van der Waals surface area contributed by atoms with Crippen molar-refractivity contribution >= 4 is 5.69 Å². The minimum absolute atomic E-state index is 0.449. The molecule has 0 saturated carbocycles. The SMILES string of the molecule is Cc1cccc(NCC(O)Cn2cccn2)c1. The molecule has 0 aliphatic carbocycles. The summed E-state index contributed by atoms with van der Waals surface area (Å²) in [6.45, 7) is 3.07. The standard InChI is InChI=1S/C13H17N3O/c1-11-4-2-5-12(8-11)14-9-13(17)10-16-7-3-6-15-16/h2-8,13-14,17H,9-10H2,1H3. The number of nitrogens with zero attached hydrogens (tertiary/aromatic N) is 2. The van der Waals surface area contributed by atoms with Crippen molar-refractivity contribution < 1.29 is 5.11 Å². The number of aryl methyl sites for hydroxylation is 1. The van der Waals surface area contributed by atoms with E-state index in [1.54, 1.807) is 10.9 Å². The minimum atomic E-state index is -0.449. The summed E-state index contributed by atoms with van der Waals surface area (Å²) < 4.78 is 1.72. The molecule has 90 valence electrons. The lowest BCUT2D eigenvalue weighted by Gasteiger charge is -2.13. The van der Waals surface area contributed by atoms with E-state index in [1.807, 2.05) is 37.4 Å². The highest BCUT2D eigenvalue weighted by atomic mass is 16.3. The van der Waals surface area contributed by atoms with Gasteiger partial charge >= 0.3 is 0 Å². The van der Waals surface area contributed by atoms with Crippen LogP contribution in [0.5, 0.6) is 0 Å². The lowest BCUT2D eigenvalue weighted by molar-refractivity contribution is 0.161. The van der Waals surface area contributed by atoms with Crippen LogP contribution in [-0.2, 0) is 6.54 Å². The molecule has 1 unspecified atom stereocenters. The Morgan fingerprint density at radius 1 is 1.41 bits per heavy atom. The van der Waals surface area contributed by atoms with Gasteiger partial charge in [0.2, 0.25) is 0 Å². The Labute approximate surface area is 101 Å². The fourth-order valence-electron chi connectivity index (χ4n) is 1.68. The van der Waals surface area contributed by atoms with E-state index in [2.05, 4.69) is 16.5 Å². The van der Waals surface area contributed by atoms with Crippen molar-refractivity contribution in [1.29, 1.82) is 0 Å². The fourth-order valence-corrected chi connectivity index (χ4v) is 1.68. The van der Waals surface area contributed by atoms with Crippen LogP contribution >= 0.6 is 0 Å². The van der Waals surface area contributed by atoms with Crippen LogP contribution in [0.15, 0.2) is 42.7 Å². The van der Waals surface area contributed by atoms with E-state index in [4.69, 9.17) is 0 Å². The number of nitrogens with one attached hydrogen (secondary N) is 1. The molecule has 0 aliphatic rings. The summed E-state index contributed by atoms with van der Waals surface area (Å²) in [6, 6.07) is 9.94. The molecule has 1 atom stereocenters. The van der Waals surface area contributed by atoms with Crippen LogP contribution in [0.2, 0.25) is 0 Å². The maximum absolute atomic E-state index is 9.83. The van der Waals surface area contributed by atoms with Crippen molar-refractivity contribution in [3.8, 4) is 0 Å². The van der Waals surface area contributed by atoms with E-state index in [0.29, 0.717) is 13.1 Å². The van der Waals surface area contributed by atoms with Crippen LogP contribution < -0.4 is 5.32 Å². The molecule has 0 amide bonds. The lowest BCUT2D eigenvalue weighted by atomic mass is 10.2. The first-order valence-electron chi connectivity index (χ1n) is 5.70. The normalized spacial score (nSPS) is 12.4. The summed E-state index contributed by atoms with van der Waals surface area (Å²) in [7, 11) is 0. The quantitative estimate of drug-likeness (QED) is 0.823. The number of aromatic nitrogens is 2. The Morgan fingerprint density at radius 3 is 3.00 bits per heavy atom. The molecule has 2 aromatic rings. The average molecular weight is 231 g/mol. The minimum Gasteiger partial charge on any atom is -0.389 e. The molecule has 1 heterocycles. The van der Waals surface area contributed by atoms with Crippen molar-refractivity contribution in [3.05, 3.63) is 48.3 Å². The number of aliphatic hydroxyl groups excluding tert-OH is 1. The van der Waals surface area contributed by atoms with Gasteiger partial charge in [0, 0.05) is 24.6 Å². The second-order valence-corrected chi connectivity index (χ2v) is 4.13. The first-order valence-corrected chi connectivity index (χ1v) is 5.70. The molecule has 1 aromatic carbocycles. The second kappa shape index (κ2) is 5.50. The molecule has 2 N–H and O–H groups in total. The van der Waals surface area contributed by atoms with Gasteiger partial charge in [-0.2, -0.15) is 5.10 Å². The highest BCUT2D eigenvalue weighted by Crippen LogP contribution is 2.09. The van der Waals surface area contributed by atoms with Crippen molar-refractivity contribution in [2.24, 2.45) is 0 Å². The molecule has 0 aliphatic heterocycles. The van der Waals surface area contributed by atoms with Crippen LogP contribution in [0.25, 0.3) is 0 Å². The second-order valence-electron chi connectivity index (χ2n) is 4.13. The fraction of sp³-hybridized carbons (Fsp3) is 0.308. The Kier molecular flexibility index (Phi) is 3.77. The molecule has 0 saturated heterocycles. The zero-order valence-electron chi connectivity index (χ0n) is 9.87. The van der Waals surface area contributed by atoms with E-state index in [9.17, 15) is 5.11 Å². The van der Waals surface area contributed by atoms with Crippen LogP contribution in [0.1, 0.15) is 5.56 Å². The number of hydrogen-bond acceptors (Lipinski definition) is 3. The highest BCUT2D eigenvalue weighted by Gasteiger charge is 2.04. The van der Waals surface area contributed by atoms with Gasteiger partial charge in [-0.3, -0.25) is 4.68 Å². The maximum Gasteiger partial charge on any atom is 0.0907 e. The highest BCUT2D eigenvalue weighted by molar-refractivity contribution is 5.45. The van der Waals surface area contributed by atoms with Crippen molar-refractivity contribution in [3.63, 3.8) is 0 Å². The van der Waals surface area contributed by atoms with Gasteiger partial charge in [-0.05, 0) is 30.7 Å². The zero-order chi connectivity index (χ0) is 12.1. The molecule has 17 heavy (non-hydrogen) atoms. The molecule has 1 aromatic heterocycles. The van der Waals surface area contributed by atoms with E-state index < -0.39 is 6.10 Å². The molecular weight excluding hydrogens is 214 g/mol. The van der Waals surface area contributed by atoms with E-state index >= 15 is 0 Å². The first kappa shape index (κ1) is 11.7. The number of hydrogen-bond donors (Lipinski definition) is 2. The number of anilines is 1. The molecule has 4 nitrogen and oxygen atoms in total. The predicted octanol–water partition coefficient (Wildman–Crippen LogP) is 1.66. The third-order valence-electron chi connectivity index (χ3n) is 2.52. The molecule has 0 bridgehead atoms. The molecule has 4 heteroatoms. The molecule has 0 fully saturated rings. The number of benzene rings is 1. The Morgan fingerprint density at radius 2 is 2.29 bits per heavy atom. The van der Waals surface area contributed by atoms with E-state index in [1.165, 1.54) is 5.56 Å². The van der Waals surface area contributed by atoms with Gasteiger partial charge in [0.25, 0.3) is 0 Å². The largest absolute Gasteiger partial charge is 0.389 e. The zero-order valence-corrected chi connectivity index (χ0v) is 9.87. The van der Waals surface area contributed by atoms with Crippen LogP contribution in [0.3, 0.4) is 0 Å². The van der Waals surface area contributed by atoms with E-state index in [-0.39, 0.29) is 0 Å². The van der Waals surface area contributed by atoms with Crippen LogP contribution in [0, 0.1) is 6.92 Å². The van der Waals surface area contributed by atoms with Gasteiger partial charge < -0.3 is 10.4 Å². The Hall–Kier alpha value is -1.81. The topological polar surface area (TPSA) is 50.1 Å². The maximum atomic E-state index is 9.83. The van der Waals surface area contributed by atoms with Gasteiger partial charge in [-0.15, -0.1) is 0 Å². The number of rotatable bonds is 5. The van der Waals surface area contributed by atoms with E-state index in [0.717, 1.165) is 5.69 Å². The summed E-state index contributed by atoms with van der Waals surface area (Å²) in [5.41, 5.74) is 2.24. The summed E-state index contributed by atoms with van der Waals surface area (Å²) in [5, 5.41) is 17.1. The third kappa shape index (κ3) is 3.60. The number of aliphatic hydroxyl groups is 1. The van der Waals surface area contributed by atoms with Gasteiger partial charge in [-0.1, -0.05) is 12.1 Å². The predicted molar refractivity (Wildman–Crippen MR) is 67.9 cm³/mol. The Bertz CT molecular complexity index is 453. The molecule has 2 rings (SSSR count). The van der Waals surface area contributed by atoms with Gasteiger partial charge in [0.05, 0.1) is 12.6 Å². The summed E-state index contributed by atoms with van der Waals surface area (Å²) in [4.78, 5) is 0. The van der Waals surface area contributed by atoms with Gasteiger partial charge in [0.1, 0.15) is 0 Å². The first-order chi connectivity index (χ1) is 8.24. The Balaban J connectivity index is 1.82. The summed E-state index contributed by atoms with van der Waals surface area (Å²) in [5.74, 6) is 0. The van der Waals surface area contributed by atoms with Crippen molar-refractivity contribution in [1.82, 2.24) is 9.78 Å².